The predicted molar refractivity (Wildman–Crippen MR) is 141 cm³/mol. The van der Waals surface area contributed by atoms with E-state index in [0.717, 1.165) is 33.0 Å². The summed E-state index contributed by atoms with van der Waals surface area (Å²) in [4.78, 5) is 17.2. The highest BCUT2D eigenvalue weighted by atomic mass is 35.5. The van der Waals surface area contributed by atoms with E-state index in [1.165, 1.54) is 0 Å². The van der Waals surface area contributed by atoms with Crippen molar-refractivity contribution in [2.75, 3.05) is 5.32 Å². The van der Waals surface area contributed by atoms with Crippen molar-refractivity contribution in [2.45, 2.75) is 26.4 Å². The molecule has 0 radical (unpaired) electrons. The van der Waals surface area contributed by atoms with Gasteiger partial charge in [0.1, 0.15) is 10.8 Å². The summed E-state index contributed by atoms with van der Waals surface area (Å²) in [6.07, 6.45) is 1.03. The molecule has 4 aromatic rings. The molecule has 0 bridgehead atoms. The van der Waals surface area contributed by atoms with Crippen LogP contribution in [0.5, 0.6) is 5.75 Å². The van der Waals surface area contributed by atoms with Crippen molar-refractivity contribution in [2.24, 2.45) is 0 Å². The first kappa shape index (κ1) is 23.2. The van der Waals surface area contributed by atoms with Gasteiger partial charge in [-0.15, -0.1) is 11.3 Å². The van der Waals surface area contributed by atoms with Gasteiger partial charge in [-0.3, -0.25) is 10.1 Å². The molecule has 0 aliphatic heterocycles. The van der Waals surface area contributed by atoms with Crippen LogP contribution in [0.15, 0.2) is 66.7 Å². The number of aromatic nitrogens is 1. The summed E-state index contributed by atoms with van der Waals surface area (Å²) in [5, 5.41) is 7.36. The number of amides is 1. The Kier molecular flexibility index (Phi) is 7.23. The summed E-state index contributed by atoms with van der Waals surface area (Å²) in [7, 11) is 0. The molecule has 3 aromatic carbocycles. The zero-order valence-corrected chi connectivity index (χ0v) is 20.5. The van der Waals surface area contributed by atoms with E-state index < -0.39 is 0 Å². The Bertz CT molecular complexity index is 1270. The first-order valence-corrected chi connectivity index (χ1v) is 12.1. The number of nitrogens with one attached hydrogen (secondary N) is 2. The van der Waals surface area contributed by atoms with Crippen molar-refractivity contribution in [1.82, 2.24) is 10.3 Å². The zero-order chi connectivity index (χ0) is 23.4. The standard InChI is InChI=1S/C25H22ClN3O2S2/c1-3-15(2)31-18-11-8-16(9-12-18)23(30)29-25(32)27-17-10-13-20(26)19(14-17)24-28-21-6-4-5-7-22(21)33-24/h4-15H,3H2,1-2H3,(H2,27,29,30,32)/t15-/m0/s1. The summed E-state index contributed by atoms with van der Waals surface area (Å²) < 4.78 is 6.84. The Morgan fingerprint density at radius 1 is 1.15 bits per heavy atom. The molecule has 1 heterocycles. The summed E-state index contributed by atoms with van der Waals surface area (Å²) in [5.41, 5.74) is 2.92. The molecule has 8 heteroatoms. The molecule has 0 saturated heterocycles. The van der Waals surface area contributed by atoms with Crippen LogP contribution in [0.2, 0.25) is 5.02 Å². The molecule has 0 unspecified atom stereocenters. The number of carbonyl (C=O) groups excluding carboxylic acids is 1. The van der Waals surface area contributed by atoms with Crippen LogP contribution in [0.4, 0.5) is 5.69 Å². The minimum atomic E-state index is -0.303. The van der Waals surface area contributed by atoms with Crippen LogP contribution in [0, 0.1) is 0 Å². The Morgan fingerprint density at radius 3 is 2.64 bits per heavy atom. The normalized spacial score (nSPS) is 11.7. The quantitative estimate of drug-likeness (QED) is 0.284. The van der Waals surface area contributed by atoms with Gasteiger partial charge in [0, 0.05) is 16.8 Å². The molecule has 5 nitrogen and oxygen atoms in total. The number of halogens is 1. The second-order valence-electron chi connectivity index (χ2n) is 7.45. The second-order valence-corrected chi connectivity index (χ2v) is 9.30. The molecule has 0 saturated carbocycles. The highest BCUT2D eigenvalue weighted by molar-refractivity contribution is 7.80. The van der Waals surface area contributed by atoms with Crippen molar-refractivity contribution in [3.05, 3.63) is 77.3 Å². The highest BCUT2D eigenvalue weighted by Crippen LogP contribution is 2.35. The smallest absolute Gasteiger partial charge is 0.257 e. The number of hydrogen-bond acceptors (Lipinski definition) is 5. The summed E-state index contributed by atoms with van der Waals surface area (Å²) >= 11 is 13.4. The Balaban J connectivity index is 1.43. The van der Waals surface area contributed by atoms with Gasteiger partial charge in [0.15, 0.2) is 5.11 Å². The van der Waals surface area contributed by atoms with Gasteiger partial charge in [-0.1, -0.05) is 30.7 Å². The number of hydrogen-bond donors (Lipinski definition) is 2. The van der Waals surface area contributed by atoms with Crippen LogP contribution in [0.25, 0.3) is 20.8 Å². The van der Waals surface area contributed by atoms with Crippen molar-refractivity contribution < 1.29 is 9.53 Å². The maximum atomic E-state index is 12.6. The number of benzene rings is 3. The SMILES string of the molecule is CC[C@H](C)Oc1ccc(C(=O)NC(=S)Nc2ccc(Cl)c(-c3nc4ccccc4s3)c2)cc1. The van der Waals surface area contributed by atoms with E-state index in [4.69, 9.17) is 28.6 Å². The molecule has 0 aliphatic rings. The Labute approximate surface area is 206 Å². The van der Waals surface area contributed by atoms with Crippen LogP contribution < -0.4 is 15.4 Å². The van der Waals surface area contributed by atoms with Gasteiger partial charge in [0.25, 0.3) is 5.91 Å². The van der Waals surface area contributed by atoms with Gasteiger partial charge >= 0.3 is 0 Å². The van der Waals surface area contributed by atoms with Gasteiger partial charge < -0.3 is 10.1 Å². The minimum absolute atomic E-state index is 0.119. The van der Waals surface area contributed by atoms with E-state index in [1.807, 2.05) is 37.3 Å². The minimum Gasteiger partial charge on any atom is -0.491 e. The molecule has 1 atom stereocenters. The van der Waals surface area contributed by atoms with Crippen LogP contribution >= 0.6 is 35.2 Å². The fourth-order valence-electron chi connectivity index (χ4n) is 3.09. The Morgan fingerprint density at radius 2 is 1.91 bits per heavy atom. The molecule has 1 amide bonds. The van der Waals surface area contributed by atoms with Gasteiger partial charge in [0.05, 0.1) is 21.3 Å². The van der Waals surface area contributed by atoms with E-state index in [1.54, 1.807) is 47.7 Å². The fraction of sp³-hybridized carbons (Fsp3) is 0.160. The lowest BCUT2D eigenvalue weighted by atomic mass is 10.2. The molecule has 4 rings (SSSR count). The van der Waals surface area contributed by atoms with Gasteiger partial charge in [-0.05, 0) is 80.2 Å². The Hall–Kier alpha value is -3.00. The van der Waals surface area contributed by atoms with E-state index >= 15 is 0 Å². The van der Waals surface area contributed by atoms with E-state index in [0.29, 0.717) is 16.3 Å². The maximum Gasteiger partial charge on any atom is 0.257 e. The highest BCUT2D eigenvalue weighted by Gasteiger charge is 2.13. The van der Waals surface area contributed by atoms with E-state index in [2.05, 4.69) is 22.5 Å². The lowest BCUT2D eigenvalue weighted by molar-refractivity contribution is 0.0977. The van der Waals surface area contributed by atoms with Crippen LogP contribution in [-0.4, -0.2) is 22.1 Å². The predicted octanol–water partition coefficient (Wildman–Crippen LogP) is 6.92. The molecule has 2 N–H and O–H groups in total. The van der Waals surface area contributed by atoms with Crippen LogP contribution in [0.1, 0.15) is 30.6 Å². The number of carbonyl (C=O) groups is 1. The van der Waals surface area contributed by atoms with Crippen molar-refractivity contribution in [1.29, 1.82) is 0 Å². The lowest BCUT2D eigenvalue weighted by Crippen LogP contribution is -2.34. The van der Waals surface area contributed by atoms with Gasteiger partial charge in [-0.25, -0.2) is 4.98 Å². The number of rotatable bonds is 6. The average molecular weight is 496 g/mol. The molecule has 0 spiro atoms. The van der Waals surface area contributed by atoms with Crippen LogP contribution in [0.3, 0.4) is 0 Å². The zero-order valence-electron chi connectivity index (χ0n) is 18.1. The van der Waals surface area contributed by atoms with Gasteiger partial charge in [-0.2, -0.15) is 0 Å². The molecule has 0 fully saturated rings. The largest absolute Gasteiger partial charge is 0.491 e. The lowest BCUT2D eigenvalue weighted by Gasteiger charge is -2.13. The molecule has 1 aromatic heterocycles. The first-order chi connectivity index (χ1) is 15.9. The molecular formula is C25H22ClN3O2S2. The molecular weight excluding hydrogens is 474 g/mol. The van der Waals surface area contributed by atoms with E-state index in [-0.39, 0.29) is 17.1 Å². The summed E-state index contributed by atoms with van der Waals surface area (Å²) in [5.74, 6) is 0.424. The average Bonchev–Trinajstić information content (AvgIpc) is 3.24. The van der Waals surface area contributed by atoms with Crippen molar-refractivity contribution >= 4 is 62.1 Å². The monoisotopic (exact) mass is 495 g/mol. The number of para-hydroxylation sites is 1. The third-order valence-corrected chi connectivity index (χ3v) is 6.61. The number of fused-ring (bicyclic) bond motifs is 1. The molecule has 168 valence electrons. The summed E-state index contributed by atoms with van der Waals surface area (Å²) in [6.45, 7) is 4.06. The van der Waals surface area contributed by atoms with Crippen molar-refractivity contribution in [3.8, 4) is 16.3 Å². The van der Waals surface area contributed by atoms with Crippen molar-refractivity contribution in [3.63, 3.8) is 0 Å². The number of thiocarbonyl (C=S) groups is 1. The van der Waals surface area contributed by atoms with Crippen LogP contribution in [-0.2, 0) is 0 Å². The first-order valence-electron chi connectivity index (χ1n) is 10.5. The topological polar surface area (TPSA) is 63.2 Å². The second kappa shape index (κ2) is 10.3. The molecule has 0 aliphatic carbocycles. The number of thiazole rings is 1. The molecule has 33 heavy (non-hydrogen) atoms. The van der Waals surface area contributed by atoms with Gasteiger partial charge in [0.2, 0.25) is 0 Å². The fourth-order valence-corrected chi connectivity index (χ4v) is 4.56. The number of ether oxygens (including phenoxy) is 1. The van der Waals surface area contributed by atoms with E-state index in [9.17, 15) is 4.79 Å². The number of anilines is 1. The maximum absolute atomic E-state index is 12.6. The number of nitrogens with zero attached hydrogens (tertiary/aromatic N) is 1. The third-order valence-electron chi connectivity index (χ3n) is 5.00. The summed E-state index contributed by atoms with van der Waals surface area (Å²) in [6, 6.07) is 20.4. The third kappa shape index (κ3) is 5.68.